The summed E-state index contributed by atoms with van der Waals surface area (Å²) in [6.45, 7) is 0. The third-order valence-electron chi connectivity index (χ3n) is 5.46. The second-order valence-electron chi connectivity index (χ2n) is 7.45. The summed E-state index contributed by atoms with van der Waals surface area (Å²) >= 11 is 6.03. The van der Waals surface area contributed by atoms with Crippen molar-refractivity contribution in [2.75, 3.05) is 14.2 Å². The van der Waals surface area contributed by atoms with E-state index in [1.54, 1.807) is 25.3 Å². The van der Waals surface area contributed by atoms with Crippen molar-refractivity contribution in [1.29, 1.82) is 0 Å². The second-order valence-corrected chi connectivity index (χ2v) is 7.89. The maximum Gasteiger partial charge on any atom is 0.337 e. The standard InChI is InChI=1S/C25H23ClN2O4/c1-31-19-5-3-4-17(12-19)21-14-22(20-11-10-18(26)13-23(20)29)28-24(27-21)15-6-8-16(9-7-15)25(30)32-2/h3-13,22,24,28-29H,14H2,1-2H3/t22-,24-/m1/s1. The molecular formula is C25H23ClN2O4. The lowest BCUT2D eigenvalue weighted by atomic mass is 9.93. The number of phenolic OH excluding ortho intramolecular Hbond substituents is 1. The molecule has 0 saturated heterocycles. The van der Waals surface area contributed by atoms with Crippen molar-refractivity contribution in [2.24, 2.45) is 4.99 Å². The summed E-state index contributed by atoms with van der Waals surface area (Å²) in [7, 11) is 2.98. The van der Waals surface area contributed by atoms with Gasteiger partial charge in [0.2, 0.25) is 0 Å². The highest BCUT2D eigenvalue weighted by Crippen LogP contribution is 2.36. The van der Waals surface area contributed by atoms with E-state index in [9.17, 15) is 9.90 Å². The summed E-state index contributed by atoms with van der Waals surface area (Å²) in [5.74, 6) is 0.480. The third-order valence-corrected chi connectivity index (χ3v) is 5.69. The Labute approximate surface area is 191 Å². The Hall–Kier alpha value is -3.35. The normalized spacial score (nSPS) is 18.0. The molecule has 0 aromatic heterocycles. The second kappa shape index (κ2) is 9.42. The number of hydrogen-bond donors (Lipinski definition) is 2. The molecule has 1 heterocycles. The number of carbonyl (C=O) groups excluding carboxylic acids is 1. The SMILES string of the molecule is COC(=O)c1ccc([C@@H]2N=C(c3cccc(OC)c3)C[C@H](c3ccc(Cl)cc3O)N2)cc1. The number of nitrogens with zero attached hydrogens (tertiary/aromatic N) is 1. The average Bonchev–Trinajstić information content (AvgIpc) is 2.83. The van der Waals surface area contributed by atoms with Gasteiger partial charge in [0.1, 0.15) is 17.7 Å². The van der Waals surface area contributed by atoms with Crippen molar-refractivity contribution in [3.8, 4) is 11.5 Å². The molecule has 2 N–H and O–H groups in total. The minimum Gasteiger partial charge on any atom is -0.508 e. The quantitative estimate of drug-likeness (QED) is 0.531. The van der Waals surface area contributed by atoms with Gasteiger partial charge in [-0.15, -0.1) is 0 Å². The van der Waals surface area contributed by atoms with Crippen LogP contribution in [0.25, 0.3) is 0 Å². The molecule has 32 heavy (non-hydrogen) atoms. The van der Waals surface area contributed by atoms with Gasteiger partial charge in [-0.05, 0) is 47.5 Å². The lowest BCUT2D eigenvalue weighted by molar-refractivity contribution is 0.0600. The molecule has 3 aromatic rings. The van der Waals surface area contributed by atoms with Gasteiger partial charge in [-0.3, -0.25) is 10.3 Å². The van der Waals surface area contributed by atoms with Gasteiger partial charge in [0.05, 0.1) is 19.8 Å². The van der Waals surface area contributed by atoms with Gasteiger partial charge in [-0.2, -0.15) is 0 Å². The number of aromatic hydroxyl groups is 1. The Morgan fingerprint density at radius 2 is 1.88 bits per heavy atom. The molecule has 164 valence electrons. The predicted molar refractivity (Wildman–Crippen MR) is 124 cm³/mol. The fourth-order valence-corrected chi connectivity index (χ4v) is 3.95. The number of aliphatic imine (C=N–C) groups is 1. The molecule has 2 atom stereocenters. The van der Waals surface area contributed by atoms with Gasteiger partial charge < -0.3 is 14.6 Å². The van der Waals surface area contributed by atoms with Crippen molar-refractivity contribution >= 4 is 23.3 Å². The summed E-state index contributed by atoms with van der Waals surface area (Å²) in [6, 6.07) is 19.8. The van der Waals surface area contributed by atoms with Crippen molar-refractivity contribution in [2.45, 2.75) is 18.6 Å². The maximum atomic E-state index is 11.8. The summed E-state index contributed by atoms with van der Waals surface area (Å²) in [5, 5.41) is 14.5. The number of phenols is 1. The number of benzene rings is 3. The first kappa shape index (κ1) is 21.9. The molecule has 0 amide bonds. The molecule has 0 radical (unpaired) electrons. The van der Waals surface area contributed by atoms with E-state index in [1.165, 1.54) is 13.2 Å². The van der Waals surface area contributed by atoms with E-state index >= 15 is 0 Å². The summed E-state index contributed by atoms with van der Waals surface area (Å²) in [5.41, 5.74) is 3.91. The first-order valence-electron chi connectivity index (χ1n) is 10.1. The van der Waals surface area contributed by atoms with Gasteiger partial charge in [-0.25, -0.2) is 4.79 Å². The van der Waals surface area contributed by atoms with Crippen molar-refractivity contribution in [3.05, 3.63) is 94.0 Å². The molecule has 0 saturated carbocycles. The summed E-state index contributed by atoms with van der Waals surface area (Å²) < 4.78 is 10.2. The average molecular weight is 451 g/mol. The number of carbonyl (C=O) groups is 1. The molecule has 3 aromatic carbocycles. The molecule has 0 bridgehead atoms. The van der Waals surface area contributed by atoms with Crippen LogP contribution in [0, 0.1) is 0 Å². The number of hydrogen-bond acceptors (Lipinski definition) is 6. The fraction of sp³-hybridized carbons (Fsp3) is 0.200. The van der Waals surface area contributed by atoms with Gasteiger partial charge in [0, 0.05) is 28.8 Å². The van der Waals surface area contributed by atoms with Gasteiger partial charge in [0.15, 0.2) is 0 Å². The van der Waals surface area contributed by atoms with Gasteiger partial charge in [0.25, 0.3) is 0 Å². The predicted octanol–water partition coefficient (Wildman–Crippen LogP) is 5.06. The Balaban J connectivity index is 1.73. The largest absolute Gasteiger partial charge is 0.508 e. The van der Waals surface area contributed by atoms with Crippen LogP contribution in [0.1, 0.15) is 45.7 Å². The van der Waals surface area contributed by atoms with E-state index in [1.807, 2.05) is 42.5 Å². The van der Waals surface area contributed by atoms with Crippen LogP contribution in [0.3, 0.4) is 0 Å². The lowest BCUT2D eigenvalue weighted by Crippen LogP contribution is -2.33. The smallest absolute Gasteiger partial charge is 0.337 e. The van der Waals surface area contributed by atoms with E-state index < -0.39 is 5.97 Å². The molecule has 0 unspecified atom stereocenters. The molecule has 6 nitrogen and oxygen atoms in total. The van der Waals surface area contributed by atoms with E-state index in [0.717, 1.165) is 28.2 Å². The van der Waals surface area contributed by atoms with Crippen LogP contribution in [-0.4, -0.2) is 31.0 Å². The fourth-order valence-electron chi connectivity index (χ4n) is 3.78. The van der Waals surface area contributed by atoms with Crippen molar-refractivity contribution in [3.63, 3.8) is 0 Å². The first-order chi connectivity index (χ1) is 15.5. The zero-order valence-corrected chi connectivity index (χ0v) is 18.5. The molecule has 0 aliphatic carbocycles. The van der Waals surface area contributed by atoms with Crippen LogP contribution in [0.2, 0.25) is 5.02 Å². The number of rotatable bonds is 5. The number of ether oxygens (including phenoxy) is 2. The minimum absolute atomic E-state index is 0.127. The monoisotopic (exact) mass is 450 g/mol. The molecule has 1 aliphatic heterocycles. The first-order valence-corrected chi connectivity index (χ1v) is 10.5. The highest BCUT2D eigenvalue weighted by atomic mass is 35.5. The summed E-state index contributed by atoms with van der Waals surface area (Å²) in [4.78, 5) is 16.7. The van der Waals surface area contributed by atoms with Crippen LogP contribution in [0.15, 0.2) is 71.7 Å². The topological polar surface area (TPSA) is 80.2 Å². The number of halogens is 1. The number of methoxy groups -OCH3 is 2. The zero-order valence-electron chi connectivity index (χ0n) is 17.7. The van der Waals surface area contributed by atoms with Gasteiger partial charge in [-0.1, -0.05) is 41.9 Å². The lowest BCUT2D eigenvalue weighted by Gasteiger charge is -2.31. The van der Waals surface area contributed by atoms with Crippen LogP contribution in [0.4, 0.5) is 0 Å². The molecular weight excluding hydrogens is 428 g/mol. The Morgan fingerprint density at radius 3 is 2.56 bits per heavy atom. The van der Waals surface area contributed by atoms with E-state index in [0.29, 0.717) is 17.0 Å². The molecule has 7 heteroatoms. The maximum absolute atomic E-state index is 11.8. The van der Waals surface area contributed by atoms with Crippen LogP contribution >= 0.6 is 11.6 Å². The van der Waals surface area contributed by atoms with Crippen LogP contribution < -0.4 is 10.1 Å². The van der Waals surface area contributed by atoms with Crippen molar-refractivity contribution in [1.82, 2.24) is 5.32 Å². The van der Waals surface area contributed by atoms with Gasteiger partial charge >= 0.3 is 5.97 Å². The molecule has 0 spiro atoms. The zero-order chi connectivity index (χ0) is 22.7. The molecule has 1 aliphatic rings. The van der Waals surface area contributed by atoms with E-state index in [4.69, 9.17) is 26.1 Å². The third kappa shape index (κ3) is 4.61. The summed E-state index contributed by atoms with van der Waals surface area (Å²) in [6.07, 6.45) is 0.191. The Morgan fingerprint density at radius 1 is 1.09 bits per heavy atom. The van der Waals surface area contributed by atoms with Crippen LogP contribution in [-0.2, 0) is 4.74 Å². The van der Waals surface area contributed by atoms with E-state index in [2.05, 4.69) is 5.32 Å². The van der Waals surface area contributed by atoms with E-state index in [-0.39, 0.29) is 18.0 Å². The molecule has 4 rings (SSSR count). The van der Waals surface area contributed by atoms with Crippen LogP contribution in [0.5, 0.6) is 11.5 Å². The number of nitrogens with one attached hydrogen (secondary N) is 1. The Bertz CT molecular complexity index is 1160. The Kier molecular flexibility index (Phi) is 6.44. The number of esters is 1. The van der Waals surface area contributed by atoms with Crippen molar-refractivity contribution < 1.29 is 19.4 Å². The molecule has 0 fully saturated rings. The minimum atomic E-state index is -0.391. The highest BCUT2D eigenvalue weighted by Gasteiger charge is 2.28. The highest BCUT2D eigenvalue weighted by molar-refractivity contribution is 6.30.